The minimum Gasteiger partial charge on any atom is -0.478 e. The molecule has 10 nitrogen and oxygen atoms in total. The standard InChI is InChI=1S/C18H19F3N2O3.C17H17F3N2O3.CH4/c1-10-3-4-12(17(24)25-2)9-13(10)14-15(18(19,20)21)23-16(22-14)11-5-7-26-8-6-11;1-9-2-3-11(16(23)24)8-12(9)13-14(17(18,19)20)22-15(21-13)10-4-6-25-7-5-10;/h3-4,9,11H,5-8H2,1-2H3,(H,22,23);2-3,8,10H,4-7H2,1H3,(H,21,22)(H,23,24);1H4. The summed E-state index contributed by atoms with van der Waals surface area (Å²) in [6, 6.07) is 8.58. The monoisotopic (exact) mass is 738 g/mol. The number of nitrogens with zero attached hydrogens (tertiary/aromatic N) is 2. The molecule has 2 aliphatic rings. The molecule has 2 aliphatic heterocycles. The Kier molecular flexibility index (Phi) is 12.6. The summed E-state index contributed by atoms with van der Waals surface area (Å²) in [6.45, 7) is 5.27. The second-order valence-corrected chi connectivity index (χ2v) is 12.3. The normalized spacial score (nSPS) is 15.7. The van der Waals surface area contributed by atoms with E-state index in [1.54, 1.807) is 19.9 Å². The number of carbonyl (C=O) groups is 2. The van der Waals surface area contributed by atoms with Crippen molar-refractivity contribution in [2.75, 3.05) is 33.5 Å². The number of aryl methyl sites for hydroxylation is 2. The van der Waals surface area contributed by atoms with E-state index in [0.717, 1.165) is 0 Å². The van der Waals surface area contributed by atoms with Gasteiger partial charge in [-0.2, -0.15) is 26.3 Å². The number of benzene rings is 2. The number of aromatic carboxylic acids is 1. The number of halogens is 6. The smallest absolute Gasteiger partial charge is 0.433 e. The number of carbonyl (C=O) groups excluding carboxylic acids is 1. The van der Waals surface area contributed by atoms with Crippen molar-refractivity contribution < 1.29 is 55.2 Å². The quantitative estimate of drug-likeness (QED) is 0.132. The van der Waals surface area contributed by atoms with Crippen LogP contribution in [0.1, 0.15) is 99.8 Å². The molecule has 52 heavy (non-hydrogen) atoms. The van der Waals surface area contributed by atoms with Crippen LogP contribution < -0.4 is 0 Å². The van der Waals surface area contributed by atoms with E-state index in [2.05, 4.69) is 24.7 Å². The Morgan fingerprint density at radius 1 is 0.731 bits per heavy atom. The number of alkyl halides is 6. The number of ether oxygens (including phenoxy) is 3. The van der Waals surface area contributed by atoms with Gasteiger partial charge < -0.3 is 29.3 Å². The topological polar surface area (TPSA) is 139 Å². The maximum Gasteiger partial charge on any atom is 0.433 e. The van der Waals surface area contributed by atoms with Gasteiger partial charge >= 0.3 is 24.3 Å². The molecule has 0 amide bonds. The number of hydrogen-bond acceptors (Lipinski definition) is 7. The number of rotatable bonds is 6. The SMILES string of the molecule is C.COC(=O)c1ccc(C)c(-c2nc(C3CCOCC3)[nH]c2C(F)(F)F)c1.Cc1ccc(C(=O)O)cc1-c1nc(C2CCOCC2)[nH]c1C(F)(F)F. The first kappa shape index (κ1) is 40.1. The third-order valence-corrected chi connectivity index (χ3v) is 8.88. The van der Waals surface area contributed by atoms with Crippen LogP contribution in [0.2, 0.25) is 0 Å². The first-order chi connectivity index (χ1) is 24.1. The second kappa shape index (κ2) is 16.3. The van der Waals surface area contributed by atoms with E-state index in [1.165, 1.54) is 37.4 Å². The molecule has 0 atom stereocenters. The molecule has 3 N–H and O–H groups in total. The molecule has 2 aromatic heterocycles. The van der Waals surface area contributed by atoms with E-state index in [1.807, 2.05) is 0 Å². The van der Waals surface area contributed by atoms with Crippen LogP contribution in [0.4, 0.5) is 26.3 Å². The molecule has 2 saturated heterocycles. The number of aromatic nitrogens is 4. The molecule has 4 aromatic rings. The molecule has 2 aromatic carbocycles. The van der Waals surface area contributed by atoms with E-state index >= 15 is 0 Å². The van der Waals surface area contributed by atoms with Crippen molar-refractivity contribution in [3.05, 3.63) is 81.7 Å². The lowest BCUT2D eigenvalue weighted by molar-refractivity contribution is -0.141. The lowest BCUT2D eigenvalue weighted by Gasteiger charge is -2.19. The minimum atomic E-state index is -4.61. The van der Waals surface area contributed by atoms with Crippen LogP contribution >= 0.6 is 0 Å². The van der Waals surface area contributed by atoms with Gasteiger partial charge in [-0.1, -0.05) is 19.6 Å². The van der Waals surface area contributed by atoms with Gasteiger partial charge in [-0.15, -0.1) is 0 Å². The van der Waals surface area contributed by atoms with Gasteiger partial charge in [0.25, 0.3) is 0 Å². The number of hydrogen-bond donors (Lipinski definition) is 3. The summed E-state index contributed by atoms with van der Waals surface area (Å²) in [7, 11) is 1.22. The number of aromatic amines is 2. The predicted molar refractivity (Wildman–Crippen MR) is 178 cm³/mol. The predicted octanol–water partition coefficient (Wildman–Crippen LogP) is 8.72. The van der Waals surface area contributed by atoms with Gasteiger partial charge in [0, 0.05) is 49.4 Å². The van der Waals surface area contributed by atoms with E-state index < -0.39 is 35.7 Å². The number of imidazole rings is 2. The fourth-order valence-corrected chi connectivity index (χ4v) is 6.04. The zero-order valence-electron chi connectivity index (χ0n) is 27.9. The summed E-state index contributed by atoms with van der Waals surface area (Å²) in [5.74, 6) is -1.48. The highest BCUT2D eigenvalue weighted by molar-refractivity contribution is 5.91. The number of H-pyrrole nitrogens is 2. The number of esters is 1. The number of methoxy groups -OCH3 is 1. The molecule has 6 rings (SSSR count). The van der Waals surface area contributed by atoms with Crippen LogP contribution in [-0.4, -0.2) is 70.5 Å². The molecular weight excluding hydrogens is 698 g/mol. The van der Waals surface area contributed by atoms with Crippen molar-refractivity contribution in [3.8, 4) is 22.5 Å². The van der Waals surface area contributed by atoms with Crippen LogP contribution in [0.15, 0.2) is 36.4 Å². The van der Waals surface area contributed by atoms with Gasteiger partial charge in [-0.25, -0.2) is 19.6 Å². The third-order valence-electron chi connectivity index (χ3n) is 8.88. The Hall–Kier alpha value is -4.70. The molecule has 0 saturated carbocycles. The lowest BCUT2D eigenvalue weighted by Crippen LogP contribution is -2.15. The van der Waals surface area contributed by atoms with Crippen molar-refractivity contribution in [2.45, 2.75) is 71.1 Å². The molecule has 2 fully saturated rings. The molecule has 16 heteroatoms. The number of nitrogens with one attached hydrogen (secondary N) is 2. The average molecular weight is 739 g/mol. The van der Waals surface area contributed by atoms with Crippen LogP contribution in [0, 0.1) is 13.8 Å². The van der Waals surface area contributed by atoms with E-state index in [4.69, 9.17) is 14.6 Å². The highest BCUT2D eigenvalue weighted by Crippen LogP contribution is 2.41. The molecule has 0 radical (unpaired) electrons. The first-order valence-corrected chi connectivity index (χ1v) is 16.1. The van der Waals surface area contributed by atoms with Gasteiger partial charge in [0.1, 0.15) is 34.4 Å². The Balaban J connectivity index is 0.000000228. The Morgan fingerprint density at radius 3 is 1.48 bits per heavy atom. The average Bonchev–Trinajstić information content (AvgIpc) is 3.76. The van der Waals surface area contributed by atoms with Gasteiger partial charge in [-0.3, -0.25) is 0 Å². The lowest BCUT2D eigenvalue weighted by atomic mass is 9.99. The summed E-state index contributed by atoms with van der Waals surface area (Å²) in [6.07, 6.45) is -6.77. The van der Waals surface area contributed by atoms with Crippen molar-refractivity contribution in [3.63, 3.8) is 0 Å². The molecule has 0 aliphatic carbocycles. The van der Waals surface area contributed by atoms with Gasteiger partial charge in [0.15, 0.2) is 0 Å². The summed E-state index contributed by atoms with van der Waals surface area (Å²) in [4.78, 5) is 36.3. The molecule has 0 unspecified atom stereocenters. The third kappa shape index (κ3) is 9.02. The zero-order valence-corrected chi connectivity index (χ0v) is 27.9. The van der Waals surface area contributed by atoms with Gasteiger partial charge in [0.05, 0.1) is 18.2 Å². The maximum atomic E-state index is 13.6. The maximum absolute atomic E-state index is 13.6. The van der Waals surface area contributed by atoms with Crippen LogP contribution in [0.3, 0.4) is 0 Å². The van der Waals surface area contributed by atoms with Crippen LogP contribution in [0.25, 0.3) is 22.5 Å². The largest absolute Gasteiger partial charge is 0.478 e. The fraction of sp³-hybridized carbons (Fsp3) is 0.444. The molecule has 0 bridgehead atoms. The summed E-state index contributed by atoms with van der Waals surface area (Å²) >= 11 is 0. The van der Waals surface area contributed by atoms with Crippen LogP contribution in [0.5, 0.6) is 0 Å². The van der Waals surface area contributed by atoms with E-state index in [9.17, 15) is 35.9 Å². The van der Waals surface area contributed by atoms with Gasteiger partial charge in [0.2, 0.25) is 0 Å². The van der Waals surface area contributed by atoms with Crippen LogP contribution in [-0.2, 0) is 26.6 Å². The summed E-state index contributed by atoms with van der Waals surface area (Å²) in [5, 5.41) is 9.12. The molecular formula is C36H40F6N4O6. The van der Waals surface area contributed by atoms with Gasteiger partial charge in [-0.05, 0) is 74.9 Å². The summed E-state index contributed by atoms with van der Waals surface area (Å²) < 4.78 is 96.4. The second-order valence-electron chi connectivity index (χ2n) is 12.3. The Bertz CT molecular complexity index is 1870. The minimum absolute atomic E-state index is 0. The Morgan fingerprint density at radius 2 is 1.12 bits per heavy atom. The van der Waals surface area contributed by atoms with Crippen molar-refractivity contribution in [1.82, 2.24) is 19.9 Å². The number of carboxylic acids is 1. The van der Waals surface area contributed by atoms with Crippen molar-refractivity contribution in [2.24, 2.45) is 0 Å². The van der Waals surface area contributed by atoms with E-state index in [0.29, 0.717) is 69.1 Å². The van der Waals surface area contributed by atoms with Crippen molar-refractivity contribution in [1.29, 1.82) is 0 Å². The highest BCUT2D eigenvalue weighted by atomic mass is 19.4. The highest BCUT2D eigenvalue weighted by Gasteiger charge is 2.40. The number of carboxylic acid groups (broad SMARTS) is 1. The van der Waals surface area contributed by atoms with Crippen molar-refractivity contribution >= 4 is 11.9 Å². The first-order valence-electron chi connectivity index (χ1n) is 16.1. The zero-order chi connectivity index (χ0) is 37.1. The Labute approximate surface area is 295 Å². The molecule has 0 spiro atoms. The van der Waals surface area contributed by atoms with E-state index in [-0.39, 0.29) is 58.7 Å². The fourth-order valence-electron chi connectivity index (χ4n) is 6.04. The summed E-state index contributed by atoms with van der Waals surface area (Å²) in [5.41, 5.74) is -0.646. The molecule has 282 valence electrons. The molecule has 4 heterocycles.